The van der Waals surface area contributed by atoms with Gasteiger partial charge in [0.25, 0.3) is 0 Å². The van der Waals surface area contributed by atoms with Crippen LogP contribution in [-0.4, -0.2) is 9.97 Å². The predicted molar refractivity (Wildman–Crippen MR) is 65.7 cm³/mol. The molecule has 80 valence electrons. The molecule has 0 spiro atoms. The normalized spacial score (nSPS) is 10.5. The third-order valence-corrected chi connectivity index (χ3v) is 3.94. The van der Waals surface area contributed by atoms with Gasteiger partial charge in [0, 0.05) is 10.3 Å². The van der Waals surface area contributed by atoms with Crippen LogP contribution in [0.4, 0.5) is 5.13 Å². The monoisotopic (exact) mass is 239 g/mol. The van der Waals surface area contributed by atoms with Gasteiger partial charge in [-0.25, -0.2) is 9.97 Å². The zero-order valence-electron chi connectivity index (χ0n) is 8.78. The van der Waals surface area contributed by atoms with Crippen molar-refractivity contribution in [2.24, 2.45) is 0 Å². The lowest BCUT2D eigenvalue weighted by atomic mass is 10.4. The Morgan fingerprint density at radius 3 is 2.87 bits per heavy atom. The lowest BCUT2D eigenvalue weighted by molar-refractivity contribution is 1.05. The summed E-state index contributed by atoms with van der Waals surface area (Å²) in [6.07, 6.45) is 0.998. The summed E-state index contributed by atoms with van der Waals surface area (Å²) < 4.78 is 0. The van der Waals surface area contributed by atoms with Gasteiger partial charge in [0.2, 0.25) is 0 Å². The number of thiazole rings is 2. The zero-order chi connectivity index (χ0) is 10.7. The highest BCUT2D eigenvalue weighted by atomic mass is 32.1. The first-order valence-corrected chi connectivity index (χ1v) is 6.62. The van der Waals surface area contributed by atoms with Crippen LogP contribution >= 0.6 is 22.7 Å². The van der Waals surface area contributed by atoms with Gasteiger partial charge < -0.3 is 5.32 Å². The SMILES string of the molecule is CCc1csc(NCc2scnc2C)n1. The van der Waals surface area contributed by atoms with Crippen LogP contribution in [0.25, 0.3) is 0 Å². The molecule has 0 unspecified atom stereocenters. The van der Waals surface area contributed by atoms with Crippen molar-refractivity contribution in [1.82, 2.24) is 9.97 Å². The maximum atomic E-state index is 4.45. The minimum atomic E-state index is 0.827. The molecule has 0 fully saturated rings. The van der Waals surface area contributed by atoms with Crippen molar-refractivity contribution in [1.29, 1.82) is 0 Å². The van der Waals surface area contributed by atoms with Gasteiger partial charge >= 0.3 is 0 Å². The van der Waals surface area contributed by atoms with E-state index >= 15 is 0 Å². The first-order valence-electron chi connectivity index (χ1n) is 4.87. The average molecular weight is 239 g/mol. The zero-order valence-corrected chi connectivity index (χ0v) is 10.4. The molecule has 0 atom stereocenters. The Morgan fingerprint density at radius 1 is 1.40 bits per heavy atom. The molecule has 0 bridgehead atoms. The highest BCUT2D eigenvalue weighted by molar-refractivity contribution is 7.13. The van der Waals surface area contributed by atoms with Gasteiger partial charge in [-0.1, -0.05) is 6.92 Å². The van der Waals surface area contributed by atoms with Gasteiger partial charge in [-0.05, 0) is 13.3 Å². The molecule has 1 N–H and O–H groups in total. The number of nitrogens with one attached hydrogen (secondary N) is 1. The molecular formula is C10H13N3S2. The molecule has 0 saturated carbocycles. The molecule has 0 radical (unpaired) electrons. The Labute approximate surface area is 97.2 Å². The second-order valence-electron chi connectivity index (χ2n) is 3.21. The molecular weight excluding hydrogens is 226 g/mol. The smallest absolute Gasteiger partial charge is 0.183 e. The van der Waals surface area contributed by atoms with E-state index in [9.17, 15) is 0 Å². The fourth-order valence-corrected chi connectivity index (χ4v) is 2.71. The maximum Gasteiger partial charge on any atom is 0.183 e. The van der Waals surface area contributed by atoms with E-state index in [2.05, 4.69) is 27.6 Å². The van der Waals surface area contributed by atoms with Gasteiger partial charge in [0.15, 0.2) is 5.13 Å². The summed E-state index contributed by atoms with van der Waals surface area (Å²) in [5.74, 6) is 0. The van der Waals surface area contributed by atoms with Crippen LogP contribution in [0.2, 0.25) is 0 Å². The third-order valence-electron chi connectivity index (χ3n) is 2.16. The molecule has 2 aromatic rings. The van der Waals surface area contributed by atoms with Crippen LogP contribution in [0.5, 0.6) is 0 Å². The number of rotatable bonds is 4. The summed E-state index contributed by atoms with van der Waals surface area (Å²) in [4.78, 5) is 9.94. The van der Waals surface area contributed by atoms with Crippen molar-refractivity contribution >= 4 is 27.8 Å². The van der Waals surface area contributed by atoms with Crippen LogP contribution in [0.15, 0.2) is 10.9 Å². The number of hydrogen-bond acceptors (Lipinski definition) is 5. The quantitative estimate of drug-likeness (QED) is 0.891. The number of nitrogens with zero attached hydrogens (tertiary/aromatic N) is 2. The van der Waals surface area contributed by atoms with Crippen molar-refractivity contribution in [2.75, 3.05) is 5.32 Å². The largest absolute Gasteiger partial charge is 0.357 e. The predicted octanol–water partition coefficient (Wildman–Crippen LogP) is 3.08. The lowest BCUT2D eigenvalue weighted by Gasteiger charge is -1.99. The van der Waals surface area contributed by atoms with Gasteiger partial charge in [-0.15, -0.1) is 22.7 Å². The third kappa shape index (κ3) is 2.54. The molecule has 0 aliphatic carbocycles. The standard InChI is InChI=1S/C10H13N3S2/c1-3-8-5-14-10(13-8)11-4-9-7(2)12-6-15-9/h5-6H,3-4H2,1-2H3,(H,11,13). The highest BCUT2D eigenvalue weighted by Gasteiger charge is 2.03. The van der Waals surface area contributed by atoms with E-state index in [4.69, 9.17) is 0 Å². The number of anilines is 1. The van der Waals surface area contributed by atoms with E-state index < -0.39 is 0 Å². The summed E-state index contributed by atoms with van der Waals surface area (Å²) in [6, 6.07) is 0. The summed E-state index contributed by atoms with van der Waals surface area (Å²) in [5, 5.41) is 6.42. The van der Waals surface area contributed by atoms with E-state index in [-0.39, 0.29) is 0 Å². The molecule has 0 aliphatic rings. The summed E-state index contributed by atoms with van der Waals surface area (Å²) in [5.41, 5.74) is 4.15. The van der Waals surface area contributed by atoms with Crippen molar-refractivity contribution in [3.63, 3.8) is 0 Å². The second kappa shape index (κ2) is 4.72. The van der Waals surface area contributed by atoms with Gasteiger partial charge in [-0.3, -0.25) is 0 Å². The Morgan fingerprint density at radius 2 is 2.27 bits per heavy atom. The fraction of sp³-hybridized carbons (Fsp3) is 0.400. The van der Waals surface area contributed by atoms with Crippen LogP contribution in [0, 0.1) is 6.92 Å². The van der Waals surface area contributed by atoms with Crippen molar-refractivity contribution in [2.45, 2.75) is 26.8 Å². The Bertz CT molecular complexity index is 433. The van der Waals surface area contributed by atoms with Gasteiger partial charge in [-0.2, -0.15) is 0 Å². The molecule has 2 heterocycles. The Balaban J connectivity index is 1.96. The average Bonchev–Trinajstić information content (AvgIpc) is 2.84. The van der Waals surface area contributed by atoms with Gasteiger partial charge in [0.05, 0.1) is 23.4 Å². The van der Waals surface area contributed by atoms with E-state index in [1.807, 2.05) is 12.4 Å². The molecule has 3 nitrogen and oxygen atoms in total. The van der Waals surface area contributed by atoms with E-state index in [1.54, 1.807) is 22.7 Å². The van der Waals surface area contributed by atoms with Crippen LogP contribution < -0.4 is 5.32 Å². The van der Waals surface area contributed by atoms with E-state index in [0.29, 0.717) is 0 Å². The van der Waals surface area contributed by atoms with Gasteiger partial charge in [0.1, 0.15) is 0 Å². The fourth-order valence-electron chi connectivity index (χ4n) is 1.20. The van der Waals surface area contributed by atoms with Crippen molar-refractivity contribution < 1.29 is 0 Å². The topological polar surface area (TPSA) is 37.8 Å². The van der Waals surface area contributed by atoms with Crippen LogP contribution in [0.3, 0.4) is 0 Å². The molecule has 5 heteroatoms. The highest BCUT2D eigenvalue weighted by Crippen LogP contribution is 2.18. The number of aryl methyl sites for hydroxylation is 2. The minimum absolute atomic E-state index is 0.827. The van der Waals surface area contributed by atoms with Crippen LogP contribution in [-0.2, 0) is 13.0 Å². The molecule has 0 aromatic carbocycles. The lowest BCUT2D eigenvalue weighted by Crippen LogP contribution is -1.98. The molecule has 15 heavy (non-hydrogen) atoms. The molecule has 0 amide bonds. The van der Waals surface area contributed by atoms with E-state index in [1.165, 1.54) is 4.88 Å². The molecule has 2 rings (SSSR count). The molecule has 0 saturated heterocycles. The molecule has 0 aliphatic heterocycles. The van der Waals surface area contributed by atoms with Crippen molar-refractivity contribution in [3.8, 4) is 0 Å². The summed E-state index contributed by atoms with van der Waals surface area (Å²) in [7, 11) is 0. The maximum absolute atomic E-state index is 4.45. The van der Waals surface area contributed by atoms with E-state index in [0.717, 1.165) is 29.5 Å². The first kappa shape index (κ1) is 10.6. The second-order valence-corrected chi connectivity index (χ2v) is 5.01. The number of hydrogen-bond donors (Lipinski definition) is 1. The molecule has 2 aromatic heterocycles. The Hall–Kier alpha value is -0.940. The Kier molecular flexibility index (Phi) is 3.33. The summed E-state index contributed by atoms with van der Waals surface area (Å²) in [6.45, 7) is 4.98. The number of aromatic nitrogens is 2. The van der Waals surface area contributed by atoms with Crippen molar-refractivity contribution in [3.05, 3.63) is 27.2 Å². The first-order chi connectivity index (χ1) is 7.29. The summed E-state index contributed by atoms with van der Waals surface area (Å²) >= 11 is 3.35. The van der Waals surface area contributed by atoms with Crippen LogP contribution in [0.1, 0.15) is 23.2 Å². The minimum Gasteiger partial charge on any atom is -0.357 e.